The van der Waals surface area contributed by atoms with E-state index in [4.69, 9.17) is 0 Å². The summed E-state index contributed by atoms with van der Waals surface area (Å²) in [6.45, 7) is 12.1. The molecule has 62 valence electrons. The van der Waals surface area contributed by atoms with Crippen molar-refractivity contribution < 1.29 is 20.3 Å². The molecule has 0 N–H and O–H groups in total. The van der Waals surface area contributed by atoms with E-state index in [9.17, 15) is 0 Å². The van der Waals surface area contributed by atoms with Crippen molar-refractivity contribution in [1.29, 1.82) is 0 Å². The van der Waals surface area contributed by atoms with E-state index >= 15 is 0 Å². The molecule has 0 aliphatic heterocycles. The number of likely N-dealkylation sites (N-methyl/N-ethyl adjacent to an activating group) is 1. The van der Waals surface area contributed by atoms with Crippen molar-refractivity contribution in [3.63, 3.8) is 0 Å². The third-order valence-corrected chi connectivity index (χ3v) is 1.65. The summed E-state index contributed by atoms with van der Waals surface area (Å²) in [5.41, 5.74) is 1.41. The van der Waals surface area contributed by atoms with Crippen LogP contribution < -0.4 is 18.9 Å². The van der Waals surface area contributed by atoms with Crippen LogP contribution in [0.3, 0.4) is 0 Å². The van der Waals surface area contributed by atoms with Crippen LogP contribution in [0.4, 0.5) is 0 Å². The number of hydrogen-bond acceptors (Lipinski definition) is 1. The van der Waals surface area contributed by atoms with Gasteiger partial charge in [-0.25, -0.2) is 0 Å². The zero-order valence-corrected chi connectivity index (χ0v) is 8.65. The molecule has 0 aromatic heterocycles. The van der Waals surface area contributed by atoms with Crippen LogP contribution in [0.1, 0.15) is 29.1 Å². The smallest absolute Gasteiger partial charge is 1.00 e. The average Bonchev–Trinajstić information content (AvgIpc) is 1.90. The number of rotatable bonds is 4. The first-order valence-electron chi connectivity index (χ1n) is 4.06. The molecule has 0 aliphatic carbocycles. The molecule has 11 heavy (non-hydrogen) atoms. The predicted molar refractivity (Wildman–Crippen MR) is 48.3 cm³/mol. The molecular weight excluding hydrogens is 129 g/mol. The van der Waals surface area contributed by atoms with Gasteiger partial charge in [-0.3, -0.25) is 0 Å². The molecule has 0 atom stereocenters. The summed E-state index contributed by atoms with van der Waals surface area (Å²) >= 11 is 0. The second-order valence-corrected chi connectivity index (χ2v) is 2.77. The van der Waals surface area contributed by atoms with Crippen LogP contribution in [0, 0.1) is 0 Å². The van der Waals surface area contributed by atoms with Crippen molar-refractivity contribution in [2.24, 2.45) is 0 Å². The Kier molecular flexibility index (Phi) is 10.6. The van der Waals surface area contributed by atoms with E-state index in [1.165, 1.54) is 5.57 Å². The first-order valence-corrected chi connectivity index (χ1v) is 4.06. The summed E-state index contributed by atoms with van der Waals surface area (Å²) in [6.07, 6.45) is 2.27. The fourth-order valence-corrected chi connectivity index (χ4v) is 0.793. The normalized spacial score (nSPS) is 9.18. The fourth-order valence-electron chi connectivity index (χ4n) is 0.793. The second-order valence-electron chi connectivity index (χ2n) is 2.77. The Morgan fingerprint density at radius 2 is 1.73 bits per heavy atom. The van der Waals surface area contributed by atoms with Gasteiger partial charge in [-0.05, 0) is 26.9 Å². The Bertz CT molecular complexity index is 107. The van der Waals surface area contributed by atoms with Gasteiger partial charge in [0.15, 0.2) is 0 Å². The van der Waals surface area contributed by atoms with Crippen LogP contribution in [0.25, 0.3) is 0 Å². The molecule has 0 spiro atoms. The van der Waals surface area contributed by atoms with Crippen molar-refractivity contribution in [2.75, 3.05) is 19.6 Å². The largest absolute Gasteiger partial charge is 1.00 e. The molecule has 0 aromatic rings. The fraction of sp³-hybridized carbons (Fsp3) is 0.778. The summed E-state index contributed by atoms with van der Waals surface area (Å²) in [6, 6.07) is 0. The molecule has 0 aromatic carbocycles. The van der Waals surface area contributed by atoms with E-state index in [0.717, 1.165) is 19.6 Å². The Hall–Kier alpha value is 0.297. The van der Waals surface area contributed by atoms with Gasteiger partial charge in [0.1, 0.15) is 0 Å². The Labute approximate surface area is 84.5 Å². The Morgan fingerprint density at radius 3 is 2.00 bits per heavy atom. The number of hydrogen-bond donors (Lipinski definition) is 0. The molecule has 0 heterocycles. The van der Waals surface area contributed by atoms with E-state index in [2.05, 4.69) is 38.7 Å². The molecule has 1 nitrogen and oxygen atoms in total. The van der Waals surface area contributed by atoms with Crippen LogP contribution in [0.15, 0.2) is 11.6 Å². The summed E-state index contributed by atoms with van der Waals surface area (Å²) in [7, 11) is 0. The molecule has 0 radical (unpaired) electrons. The van der Waals surface area contributed by atoms with Crippen LogP contribution >= 0.6 is 0 Å². The molecule has 0 aliphatic rings. The molecule has 0 bridgehead atoms. The standard InChI is InChI=1S/C9H19N.Li.H/c1-5-10(6-2)8-7-9(3)4;;/h7H,5-6,8H2,1-4H3;;/q;+1;-1. The quantitative estimate of drug-likeness (QED) is 0.381. The van der Waals surface area contributed by atoms with Gasteiger partial charge in [-0.15, -0.1) is 0 Å². The SMILES string of the molecule is CCN(CC)CC=C(C)C.[H-].[Li+]. The summed E-state index contributed by atoms with van der Waals surface area (Å²) in [5, 5.41) is 0. The van der Waals surface area contributed by atoms with Crippen molar-refractivity contribution in [3.05, 3.63) is 11.6 Å². The molecule has 0 amide bonds. The van der Waals surface area contributed by atoms with Gasteiger partial charge in [-0.1, -0.05) is 25.5 Å². The maximum atomic E-state index is 2.40. The van der Waals surface area contributed by atoms with Gasteiger partial charge in [-0.2, -0.15) is 0 Å². The monoisotopic (exact) mass is 149 g/mol. The Balaban J connectivity index is -0.000000405. The van der Waals surface area contributed by atoms with E-state index in [0.29, 0.717) is 0 Å². The zero-order valence-electron chi connectivity index (χ0n) is 9.65. The van der Waals surface area contributed by atoms with Crippen LogP contribution in [-0.4, -0.2) is 24.5 Å². The molecule has 0 fully saturated rings. The van der Waals surface area contributed by atoms with Gasteiger partial charge < -0.3 is 6.33 Å². The van der Waals surface area contributed by atoms with E-state index in [1.54, 1.807) is 0 Å². The zero-order chi connectivity index (χ0) is 7.98. The minimum absolute atomic E-state index is 0. The van der Waals surface area contributed by atoms with E-state index < -0.39 is 0 Å². The van der Waals surface area contributed by atoms with Gasteiger partial charge in [0.25, 0.3) is 0 Å². The van der Waals surface area contributed by atoms with Gasteiger partial charge in [0.05, 0.1) is 0 Å². The van der Waals surface area contributed by atoms with Crippen molar-refractivity contribution >= 4 is 0 Å². The topological polar surface area (TPSA) is 3.24 Å². The molecule has 0 saturated heterocycles. The van der Waals surface area contributed by atoms with Gasteiger partial charge in [0, 0.05) is 6.54 Å². The molecule has 0 saturated carbocycles. The van der Waals surface area contributed by atoms with Crippen molar-refractivity contribution in [1.82, 2.24) is 4.90 Å². The maximum absolute atomic E-state index is 2.40. The average molecular weight is 149 g/mol. The first-order chi connectivity index (χ1) is 4.70. The summed E-state index contributed by atoms with van der Waals surface area (Å²) < 4.78 is 0. The predicted octanol–water partition coefficient (Wildman–Crippen LogP) is -0.589. The van der Waals surface area contributed by atoms with Gasteiger partial charge in [0.2, 0.25) is 0 Å². The number of allylic oxidation sites excluding steroid dienone is 1. The number of nitrogens with zero attached hydrogens (tertiary/aromatic N) is 1. The molecule has 0 rings (SSSR count). The minimum Gasteiger partial charge on any atom is -1.00 e. The third-order valence-electron chi connectivity index (χ3n) is 1.65. The summed E-state index contributed by atoms with van der Waals surface area (Å²) in [4.78, 5) is 2.40. The molecular formula is C9H20LiN. The third kappa shape index (κ3) is 8.20. The maximum Gasteiger partial charge on any atom is 1.00 e. The van der Waals surface area contributed by atoms with Gasteiger partial charge >= 0.3 is 18.9 Å². The van der Waals surface area contributed by atoms with Crippen molar-refractivity contribution in [3.8, 4) is 0 Å². The minimum atomic E-state index is 0. The first kappa shape index (κ1) is 13.9. The van der Waals surface area contributed by atoms with Crippen LogP contribution in [0.2, 0.25) is 0 Å². The second kappa shape index (κ2) is 8.39. The van der Waals surface area contributed by atoms with Crippen LogP contribution in [0.5, 0.6) is 0 Å². The van der Waals surface area contributed by atoms with E-state index in [1.807, 2.05) is 0 Å². The van der Waals surface area contributed by atoms with Crippen LogP contribution in [-0.2, 0) is 0 Å². The van der Waals surface area contributed by atoms with E-state index in [-0.39, 0.29) is 20.3 Å². The Morgan fingerprint density at radius 1 is 1.27 bits per heavy atom. The summed E-state index contributed by atoms with van der Waals surface area (Å²) in [5.74, 6) is 0. The van der Waals surface area contributed by atoms with Crippen molar-refractivity contribution in [2.45, 2.75) is 27.7 Å². The molecule has 0 unspecified atom stereocenters. The molecule has 2 heteroatoms.